The van der Waals surface area contributed by atoms with Gasteiger partial charge in [-0.1, -0.05) is 24.3 Å². The van der Waals surface area contributed by atoms with Crippen molar-refractivity contribution in [3.8, 4) is 0 Å². The molecule has 6 nitrogen and oxygen atoms in total. The first-order valence-corrected chi connectivity index (χ1v) is 10.3. The Morgan fingerprint density at radius 3 is 2.69 bits per heavy atom. The summed E-state index contributed by atoms with van der Waals surface area (Å²) in [6, 6.07) is 11.7. The normalized spacial score (nSPS) is 11.5. The molecule has 0 unspecified atom stereocenters. The predicted octanol–water partition coefficient (Wildman–Crippen LogP) is 5.68. The van der Waals surface area contributed by atoms with Crippen molar-refractivity contribution in [3.05, 3.63) is 76.9 Å². The fraction of sp³-hybridized carbons (Fsp3) is 0.136. The SMILES string of the molecule is CC(=O)N(c1cccc(C(F)(F)F)c1)c1nc(COC(=O)c2c[nH]c3ccccc23)cs1. The second-order valence-corrected chi connectivity index (χ2v) is 7.68. The van der Waals surface area contributed by atoms with Crippen LogP contribution in [0.25, 0.3) is 10.9 Å². The van der Waals surface area contributed by atoms with E-state index in [4.69, 9.17) is 4.74 Å². The van der Waals surface area contributed by atoms with Crippen LogP contribution in [-0.4, -0.2) is 21.8 Å². The predicted molar refractivity (Wildman–Crippen MR) is 114 cm³/mol. The first-order chi connectivity index (χ1) is 15.2. The summed E-state index contributed by atoms with van der Waals surface area (Å²) in [5.74, 6) is -1.04. The second kappa shape index (κ2) is 8.46. The van der Waals surface area contributed by atoms with Crippen LogP contribution in [0.15, 0.2) is 60.1 Å². The highest BCUT2D eigenvalue weighted by atomic mass is 32.1. The summed E-state index contributed by atoms with van der Waals surface area (Å²) in [6.07, 6.45) is -2.98. The van der Waals surface area contributed by atoms with Crippen LogP contribution >= 0.6 is 11.3 Å². The van der Waals surface area contributed by atoms with Gasteiger partial charge in [0.1, 0.15) is 6.61 Å². The molecule has 0 saturated carbocycles. The van der Waals surface area contributed by atoms with Gasteiger partial charge in [0.2, 0.25) is 5.91 Å². The summed E-state index contributed by atoms with van der Waals surface area (Å²) in [5, 5.41) is 2.49. The number of thiazole rings is 1. The lowest BCUT2D eigenvalue weighted by Gasteiger charge is -2.19. The number of benzene rings is 2. The third-order valence-electron chi connectivity index (χ3n) is 4.64. The number of nitrogens with one attached hydrogen (secondary N) is 1. The summed E-state index contributed by atoms with van der Waals surface area (Å²) >= 11 is 1.06. The molecule has 4 aromatic rings. The Hall–Kier alpha value is -3.66. The quantitative estimate of drug-likeness (QED) is 0.390. The summed E-state index contributed by atoms with van der Waals surface area (Å²) in [7, 11) is 0. The summed E-state index contributed by atoms with van der Waals surface area (Å²) < 4.78 is 44.5. The molecule has 0 aliphatic heterocycles. The fourth-order valence-electron chi connectivity index (χ4n) is 3.17. The first-order valence-electron chi connectivity index (χ1n) is 9.39. The molecule has 2 aromatic carbocycles. The van der Waals surface area contributed by atoms with Crippen molar-refractivity contribution in [1.29, 1.82) is 0 Å². The number of halogens is 3. The van der Waals surface area contributed by atoms with Gasteiger partial charge in [-0.05, 0) is 24.3 Å². The van der Waals surface area contributed by atoms with Gasteiger partial charge in [-0.25, -0.2) is 9.78 Å². The monoisotopic (exact) mass is 459 g/mol. The van der Waals surface area contributed by atoms with E-state index in [0.717, 1.165) is 39.3 Å². The lowest BCUT2D eigenvalue weighted by Crippen LogP contribution is -2.23. The lowest BCUT2D eigenvalue weighted by atomic mass is 10.2. The zero-order valence-electron chi connectivity index (χ0n) is 16.6. The number of anilines is 2. The molecule has 0 atom stereocenters. The number of rotatable bonds is 5. The van der Waals surface area contributed by atoms with Crippen LogP contribution in [0.1, 0.15) is 28.5 Å². The number of amides is 1. The minimum Gasteiger partial charge on any atom is -0.455 e. The summed E-state index contributed by atoms with van der Waals surface area (Å²) in [5.41, 5.74) is 0.727. The van der Waals surface area contributed by atoms with Gasteiger partial charge in [0.15, 0.2) is 5.13 Å². The molecule has 32 heavy (non-hydrogen) atoms. The van der Waals surface area contributed by atoms with Crippen LogP contribution in [0, 0.1) is 0 Å². The number of H-pyrrole nitrogens is 1. The van der Waals surface area contributed by atoms with E-state index < -0.39 is 23.6 Å². The third-order valence-corrected chi connectivity index (χ3v) is 5.51. The molecular weight excluding hydrogens is 443 g/mol. The highest BCUT2D eigenvalue weighted by Gasteiger charge is 2.31. The molecule has 0 fully saturated rings. The van der Waals surface area contributed by atoms with Crippen molar-refractivity contribution in [2.75, 3.05) is 4.90 Å². The Morgan fingerprint density at radius 2 is 1.94 bits per heavy atom. The largest absolute Gasteiger partial charge is 0.455 e. The van der Waals surface area contributed by atoms with Crippen LogP contribution in [0.5, 0.6) is 0 Å². The van der Waals surface area contributed by atoms with Crippen molar-refractivity contribution in [3.63, 3.8) is 0 Å². The standard InChI is InChI=1S/C22H16F3N3O3S/c1-13(29)28(16-6-4-5-14(9-16)22(23,24)25)21-27-15(12-32-21)11-31-20(30)18-10-26-19-8-3-2-7-17(18)19/h2-10,12,26H,11H2,1H3. The van der Waals surface area contributed by atoms with Crippen molar-refractivity contribution >= 4 is 44.9 Å². The van der Waals surface area contributed by atoms with E-state index >= 15 is 0 Å². The van der Waals surface area contributed by atoms with Crippen molar-refractivity contribution in [2.45, 2.75) is 19.7 Å². The Balaban J connectivity index is 1.52. The molecule has 10 heteroatoms. The number of ether oxygens (including phenoxy) is 1. The fourth-order valence-corrected chi connectivity index (χ4v) is 4.04. The molecule has 0 bridgehead atoms. The highest BCUT2D eigenvalue weighted by molar-refractivity contribution is 7.14. The van der Waals surface area contributed by atoms with Gasteiger partial charge >= 0.3 is 12.1 Å². The molecule has 164 valence electrons. The highest BCUT2D eigenvalue weighted by Crippen LogP contribution is 2.35. The van der Waals surface area contributed by atoms with Gasteiger partial charge in [0.05, 0.1) is 22.5 Å². The molecule has 0 aliphatic rings. The van der Waals surface area contributed by atoms with Crippen LogP contribution in [0.4, 0.5) is 24.0 Å². The van der Waals surface area contributed by atoms with E-state index in [1.807, 2.05) is 18.2 Å². The van der Waals surface area contributed by atoms with Crippen molar-refractivity contribution in [2.24, 2.45) is 0 Å². The minimum atomic E-state index is -4.54. The number of para-hydroxylation sites is 1. The number of alkyl halides is 3. The van der Waals surface area contributed by atoms with E-state index in [9.17, 15) is 22.8 Å². The topological polar surface area (TPSA) is 75.3 Å². The number of fused-ring (bicyclic) bond motifs is 1. The number of carbonyl (C=O) groups excluding carboxylic acids is 2. The van der Waals surface area contributed by atoms with Crippen molar-refractivity contribution in [1.82, 2.24) is 9.97 Å². The molecule has 0 spiro atoms. The molecule has 2 aromatic heterocycles. The number of nitrogens with zero attached hydrogens (tertiary/aromatic N) is 2. The van der Waals surface area contributed by atoms with Crippen LogP contribution in [0.3, 0.4) is 0 Å². The summed E-state index contributed by atoms with van der Waals surface area (Å²) in [4.78, 5) is 33.0. The summed E-state index contributed by atoms with van der Waals surface area (Å²) in [6.45, 7) is 1.08. The average Bonchev–Trinajstić information content (AvgIpc) is 3.39. The van der Waals surface area contributed by atoms with E-state index in [2.05, 4.69) is 9.97 Å². The van der Waals surface area contributed by atoms with Crippen molar-refractivity contribution < 1.29 is 27.5 Å². The Kier molecular flexibility index (Phi) is 5.70. The number of hydrogen-bond acceptors (Lipinski definition) is 5. The van der Waals surface area contributed by atoms with Gasteiger partial charge in [-0.3, -0.25) is 9.69 Å². The van der Waals surface area contributed by atoms with Gasteiger partial charge in [0.25, 0.3) is 0 Å². The second-order valence-electron chi connectivity index (χ2n) is 6.85. The van der Waals surface area contributed by atoms with E-state index in [1.54, 1.807) is 17.6 Å². The zero-order valence-corrected chi connectivity index (χ0v) is 17.5. The number of esters is 1. The average molecular weight is 459 g/mol. The number of aromatic nitrogens is 2. The number of hydrogen-bond donors (Lipinski definition) is 1. The van der Waals surface area contributed by atoms with Gasteiger partial charge in [0, 0.05) is 29.4 Å². The molecule has 0 aliphatic carbocycles. The zero-order chi connectivity index (χ0) is 22.9. The Bertz CT molecular complexity index is 1300. The molecule has 4 rings (SSSR count). The molecular formula is C22H16F3N3O3S. The Morgan fingerprint density at radius 1 is 1.16 bits per heavy atom. The van der Waals surface area contributed by atoms with Crippen LogP contribution < -0.4 is 4.90 Å². The maximum absolute atomic E-state index is 13.1. The molecule has 0 radical (unpaired) electrons. The van der Waals surface area contributed by atoms with Crippen LogP contribution in [-0.2, 0) is 22.3 Å². The van der Waals surface area contributed by atoms with E-state index in [1.165, 1.54) is 19.1 Å². The molecule has 2 heterocycles. The van der Waals surface area contributed by atoms with Crippen LogP contribution in [0.2, 0.25) is 0 Å². The number of carbonyl (C=O) groups is 2. The Labute approximate surface area is 184 Å². The number of aromatic amines is 1. The lowest BCUT2D eigenvalue weighted by molar-refractivity contribution is -0.137. The van der Waals surface area contributed by atoms with Gasteiger partial charge in [-0.2, -0.15) is 13.2 Å². The smallest absolute Gasteiger partial charge is 0.416 e. The molecule has 1 N–H and O–H groups in total. The first kappa shape index (κ1) is 21.6. The maximum Gasteiger partial charge on any atom is 0.416 e. The van der Waals surface area contributed by atoms with Gasteiger partial charge < -0.3 is 9.72 Å². The van der Waals surface area contributed by atoms with E-state index in [-0.39, 0.29) is 17.4 Å². The third kappa shape index (κ3) is 4.35. The molecule has 1 amide bonds. The van der Waals surface area contributed by atoms with E-state index in [0.29, 0.717) is 11.3 Å². The minimum absolute atomic E-state index is 0.0454. The van der Waals surface area contributed by atoms with Gasteiger partial charge in [-0.15, -0.1) is 11.3 Å². The molecule has 0 saturated heterocycles. The maximum atomic E-state index is 13.1.